The van der Waals surface area contributed by atoms with Crippen LogP contribution in [0.5, 0.6) is 0 Å². The van der Waals surface area contributed by atoms with Crippen LogP contribution in [0, 0.1) is 0 Å². The maximum Gasteiger partial charge on any atom is 0.325 e. The number of primary amides is 1. The van der Waals surface area contributed by atoms with E-state index in [1.165, 1.54) is 13.8 Å². The van der Waals surface area contributed by atoms with E-state index in [4.69, 9.17) is 28.0 Å². The summed E-state index contributed by atoms with van der Waals surface area (Å²) in [6.07, 6.45) is -1.60. The first-order valence-electron chi connectivity index (χ1n) is 9.67. The fourth-order valence-electron chi connectivity index (χ4n) is 2.38. The number of amides is 4. The van der Waals surface area contributed by atoms with E-state index in [1.54, 1.807) is 0 Å². The van der Waals surface area contributed by atoms with Crippen LogP contribution in [-0.4, -0.2) is 82.6 Å². The van der Waals surface area contributed by atoms with Gasteiger partial charge in [-0.1, -0.05) is 0 Å². The highest BCUT2D eigenvalue weighted by molar-refractivity contribution is 5.95. The molecule has 4 amide bonds. The van der Waals surface area contributed by atoms with Crippen molar-refractivity contribution >= 4 is 35.6 Å². The van der Waals surface area contributed by atoms with Crippen molar-refractivity contribution in [2.24, 2.45) is 27.9 Å². The number of guanidine groups is 1. The predicted molar refractivity (Wildman–Crippen MR) is 112 cm³/mol. The van der Waals surface area contributed by atoms with Gasteiger partial charge in [0.2, 0.25) is 23.6 Å². The minimum Gasteiger partial charge on any atom is -0.480 e. The first-order chi connectivity index (χ1) is 14.8. The molecule has 182 valence electrons. The fourth-order valence-corrected chi connectivity index (χ4v) is 2.38. The van der Waals surface area contributed by atoms with E-state index in [9.17, 15) is 29.1 Å². The Morgan fingerprint density at radius 3 is 2.00 bits per heavy atom. The Hall–Kier alpha value is -3.46. The second-order valence-corrected chi connectivity index (χ2v) is 7.08. The Kier molecular flexibility index (Phi) is 12.3. The first-order valence-corrected chi connectivity index (χ1v) is 9.67. The Morgan fingerprint density at radius 2 is 1.53 bits per heavy atom. The topological polar surface area (TPSA) is 278 Å². The number of aliphatic hydroxyl groups excluding tert-OH is 1. The van der Waals surface area contributed by atoms with E-state index in [0.717, 1.165) is 0 Å². The summed E-state index contributed by atoms with van der Waals surface area (Å²) in [5.41, 5.74) is 21.1. The van der Waals surface area contributed by atoms with Gasteiger partial charge in [0.15, 0.2) is 5.96 Å². The molecule has 0 saturated carbocycles. The number of nitrogens with two attached hydrogens (primary N) is 4. The molecular weight excluding hydrogens is 428 g/mol. The molecule has 0 bridgehead atoms. The lowest BCUT2D eigenvalue weighted by molar-refractivity contribution is -0.142. The summed E-state index contributed by atoms with van der Waals surface area (Å²) >= 11 is 0. The summed E-state index contributed by atoms with van der Waals surface area (Å²) in [6, 6.07) is -5.34. The largest absolute Gasteiger partial charge is 0.480 e. The number of nitrogens with zero attached hydrogens (tertiary/aromatic N) is 1. The maximum atomic E-state index is 12.7. The lowest BCUT2D eigenvalue weighted by Crippen LogP contribution is -2.59. The number of aliphatic hydroxyl groups is 1. The Labute approximate surface area is 184 Å². The molecule has 32 heavy (non-hydrogen) atoms. The number of carboxylic acid groups (broad SMARTS) is 1. The zero-order valence-electron chi connectivity index (χ0n) is 17.9. The molecule has 0 aliphatic rings. The Morgan fingerprint density at radius 1 is 0.938 bits per heavy atom. The third-order valence-electron chi connectivity index (χ3n) is 4.13. The molecule has 0 aromatic rings. The summed E-state index contributed by atoms with van der Waals surface area (Å²) in [5.74, 6) is -4.96. The summed E-state index contributed by atoms with van der Waals surface area (Å²) in [6.45, 7) is 2.55. The smallest absolute Gasteiger partial charge is 0.325 e. The summed E-state index contributed by atoms with van der Waals surface area (Å²) in [5, 5.41) is 25.5. The van der Waals surface area contributed by atoms with Crippen molar-refractivity contribution in [1.82, 2.24) is 16.0 Å². The molecule has 0 saturated heterocycles. The number of aliphatic carboxylic acids is 1. The van der Waals surface area contributed by atoms with Crippen molar-refractivity contribution in [3.63, 3.8) is 0 Å². The van der Waals surface area contributed by atoms with Gasteiger partial charge in [0, 0.05) is 6.54 Å². The van der Waals surface area contributed by atoms with Crippen LogP contribution in [0.3, 0.4) is 0 Å². The summed E-state index contributed by atoms with van der Waals surface area (Å²) in [7, 11) is 0. The molecule has 0 spiro atoms. The predicted octanol–water partition coefficient (Wildman–Crippen LogP) is -4.82. The number of carbonyl (C=O) groups is 5. The standard InChI is InChI=1S/C17H32N8O7/c1-7(16(31)32)23-15(30)12(8(2)26)25-14(29)10(4-3-5-22-17(20)21)24-13(28)9(18)6-11(19)27/h7-10,12,26H,3-6,18H2,1-2H3,(H2,19,27)(H,23,30)(H,24,28)(H,25,29)(H,31,32)(H4,20,21,22). The van der Waals surface area contributed by atoms with Gasteiger partial charge in [0.1, 0.15) is 18.1 Å². The Balaban J connectivity index is 5.40. The van der Waals surface area contributed by atoms with Gasteiger partial charge in [-0.3, -0.25) is 29.0 Å². The van der Waals surface area contributed by atoms with E-state index >= 15 is 0 Å². The van der Waals surface area contributed by atoms with Crippen molar-refractivity contribution in [2.75, 3.05) is 6.54 Å². The fraction of sp³-hybridized carbons (Fsp3) is 0.647. The van der Waals surface area contributed by atoms with E-state index in [2.05, 4.69) is 20.9 Å². The lowest BCUT2D eigenvalue weighted by atomic mass is 10.1. The van der Waals surface area contributed by atoms with Crippen LogP contribution in [0.15, 0.2) is 4.99 Å². The number of aliphatic imine (C=N–C) groups is 1. The van der Waals surface area contributed by atoms with Gasteiger partial charge >= 0.3 is 5.97 Å². The maximum absolute atomic E-state index is 12.7. The van der Waals surface area contributed by atoms with E-state index in [0.29, 0.717) is 0 Å². The second-order valence-electron chi connectivity index (χ2n) is 7.08. The van der Waals surface area contributed by atoms with Crippen LogP contribution in [-0.2, 0) is 24.0 Å². The highest BCUT2D eigenvalue weighted by Gasteiger charge is 2.31. The number of nitrogens with one attached hydrogen (secondary N) is 3. The van der Waals surface area contributed by atoms with Crippen LogP contribution < -0.4 is 38.9 Å². The van der Waals surface area contributed by atoms with Gasteiger partial charge in [-0.2, -0.15) is 0 Å². The van der Waals surface area contributed by atoms with E-state index in [1.807, 2.05) is 0 Å². The molecule has 15 nitrogen and oxygen atoms in total. The highest BCUT2D eigenvalue weighted by Crippen LogP contribution is 2.03. The average Bonchev–Trinajstić information content (AvgIpc) is 2.66. The average molecular weight is 460 g/mol. The zero-order valence-corrected chi connectivity index (χ0v) is 17.9. The molecular formula is C17H32N8O7. The van der Waals surface area contributed by atoms with Gasteiger partial charge in [0.05, 0.1) is 18.6 Å². The van der Waals surface area contributed by atoms with Gasteiger partial charge in [-0.05, 0) is 26.7 Å². The molecule has 0 aromatic carbocycles. The van der Waals surface area contributed by atoms with Gasteiger partial charge in [-0.25, -0.2) is 0 Å². The number of rotatable bonds is 14. The molecule has 5 unspecified atom stereocenters. The van der Waals surface area contributed by atoms with Crippen molar-refractivity contribution in [3.8, 4) is 0 Å². The zero-order chi connectivity index (χ0) is 25.0. The van der Waals surface area contributed by atoms with Crippen LogP contribution in [0.25, 0.3) is 0 Å². The first kappa shape index (κ1) is 28.5. The van der Waals surface area contributed by atoms with E-state index < -0.39 is 66.3 Å². The van der Waals surface area contributed by atoms with E-state index in [-0.39, 0.29) is 25.3 Å². The minimum absolute atomic E-state index is 0.0112. The number of hydrogen-bond donors (Lipinski definition) is 9. The summed E-state index contributed by atoms with van der Waals surface area (Å²) in [4.78, 5) is 62.9. The molecule has 0 aromatic heterocycles. The molecule has 0 aliphatic carbocycles. The molecule has 15 heteroatoms. The molecule has 0 heterocycles. The van der Waals surface area contributed by atoms with Crippen LogP contribution >= 0.6 is 0 Å². The monoisotopic (exact) mass is 460 g/mol. The van der Waals surface area contributed by atoms with Gasteiger partial charge < -0.3 is 49.1 Å². The number of hydrogen-bond acceptors (Lipinski definition) is 8. The van der Waals surface area contributed by atoms with Crippen molar-refractivity contribution < 1.29 is 34.2 Å². The minimum atomic E-state index is -1.51. The second kappa shape index (κ2) is 13.8. The van der Waals surface area contributed by atoms with Crippen molar-refractivity contribution in [1.29, 1.82) is 0 Å². The molecule has 0 aliphatic heterocycles. The van der Waals surface area contributed by atoms with Crippen LogP contribution in [0.2, 0.25) is 0 Å². The van der Waals surface area contributed by atoms with Crippen molar-refractivity contribution in [2.45, 2.75) is 63.4 Å². The lowest BCUT2D eigenvalue weighted by Gasteiger charge is -2.26. The molecule has 0 radical (unpaired) electrons. The number of carbonyl (C=O) groups excluding carboxylic acids is 4. The molecule has 0 rings (SSSR count). The third kappa shape index (κ3) is 11.1. The van der Waals surface area contributed by atoms with Crippen LogP contribution in [0.1, 0.15) is 33.1 Å². The quantitative estimate of drug-likeness (QED) is 0.0677. The molecule has 5 atom stereocenters. The van der Waals surface area contributed by atoms with Crippen LogP contribution in [0.4, 0.5) is 0 Å². The SMILES string of the molecule is CC(NC(=O)C(NC(=O)C(CCCN=C(N)N)NC(=O)C(N)CC(N)=O)C(C)O)C(=O)O. The molecule has 13 N–H and O–H groups in total. The highest BCUT2D eigenvalue weighted by atomic mass is 16.4. The molecule has 0 fully saturated rings. The normalized spacial score (nSPS) is 15.2. The third-order valence-corrected chi connectivity index (χ3v) is 4.13. The number of carboxylic acids is 1. The summed E-state index contributed by atoms with van der Waals surface area (Å²) < 4.78 is 0. The Bertz CT molecular complexity index is 724. The van der Waals surface area contributed by atoms with Gasteiger partial charge in [0.25, 0.3) is 0 Å². The van der Waals surface area contributed by atoms with Crippen molar-refractivity contribution in [3.05, 3.63) is 0 Å². The van der Waals surface area contributed by atoms with Gasteiger partial charge in [-0.15, -0.1) is 0 Å².